The van der Waals surface area contributed by atoms with E-state index in [4.69, 9.17) is 4.74 Å². The van der Waals surface area contributed by atoms with E-state index in [0.717, 1.165) is 5.69 Å². The summed E-state index contributed by atoms with van der Waals surface area (Å²) in [6, 6.07) is 0. The number of aryl methyl sites for hydroxylation is 1. The summed E-state index contributed by atoms with van der Waals surface area (Å²) in [4.78, 5) is 7.44. The van der Waals surface area contributed by atoms with Crippen molar-refractivity contribution < 1.29 is 13.2 Å². The number of ether oxygens (including phenoxy) is 1. The molecule has 0 bridgehead atoms. The van der Waals surface area contributed by atoms with Crippen LogP contribution >= 0.6 is 0 Å². The van der Waals surface area contributed by atoms with Crippen LogP contribution in [0, 0.1) is 6.92 Å². The largest absolute Gasteiger partial charge is 0.368 e. The van der Waals surface area contributed by atoms with Crippen molar-refractivity contribution in [1.82, 2.24) is 24.5 Å². The van der Waals surface area contributed by atoms with E-state index in [1.807, 2.05) is 6.92 Å². The van der Waals surface area contributed by atoms with Crippen LogP contribution in [0.1, 0.15) is 17.6 Å². The fourth-order valence-electron chi connectivity index (χ4n) is 2.14. The molecule has 3 heterocycles. The number of aromatic amines is 2. The van der Waals surface area contributed by atoms with Crippen LogP contribution in [0.25, 0.3) is 0 Å². The molecule has 8 nitrogen and oxygen atoms in total. The van der Waals surface area contributed by atoms with Crippen molar-refractivity contribution >= 4 is 10.0 Å². The Bertz CT molecular complexity index is 679. The summed E-state index contributed by atoms with van der Waals surface area (Å²) in [6.07, 6.45) is 4.00. The summed E-state index contributed by atoms with van der Waals surface area (Å²) in [6.45, 7) is 2.78. The van der Waals surface area contributed by atoms with Gasteiger partial charge in [-0.15, -0.1) is 0 Å². The second kappa shape index (κ2) is 5.00. The van der Waals surface area contributed by atoms with E-state index in [1.165, 1.54) is 16.7 Å². The van der Waals surface area contributed by atoms with E-state index in [-0.39, 0.29) is 17.5 Å². The van der Waals surface area contributed by atoms with Gasteiger partial charge in [0, 0.05) is 31.2 Å². The summed E-state index contributed by atoms with van der Waals surface area (Å²) in [5, 5.41) is 6.20. The SMILES string of the molecule is Cc1cnc([C@H]2CN(S(=O)(=O)c3cn[nH]c3)CCO2)[nH]1. The lowest BCUT2D eigenvalue weighted by Gasteiger charge is -2.30. The van der Waals surface area contributed by atoms with Crippen molar-refractivity contribution in [2.75, 3.05) is 19.7 Å². The highest BCUT2D eigenvalue weighted by Gasteiger charge is 2.33. The molecule has 2 aromatic rings. The monoisotopic (exact) mass is 297 g/mol. The van der Waals surface area contributed by atoms with Crippen LogP contribution in [0.4, 0.5) is 0 Å². The van der Waals surface area contributed by atoms with Crippen LogP contribution < -0.4 is 0 Å². The summed E-state index contributed by atoms with van der Waals surface area (Å²) in [5.74, 6) is 0.648. The highest BCUT2D eigenvalue weighted by molar-refractivity contribution is 7.89. The number of hydrogen-bond acceptors (Lipinski definition) is 5. The number of hydrogen-bond donors (Lipinski definition) is 2. The van der Waals surface area contributed by atoms with Crippen molar-refractivity contribution in [3.8, 4) is 0 Å². The third-order valence-corrected chi connectivity index (χ3v) is 5.00. The number of sulfonamides is 1. The maximum absolute atomic E-state index is 12.4. The van der Waals surface area contributed by atoms with Crippen molar-refractivity contribution in [3.05, 3.63) is 30.1 Å². The van der Waals surface area contributed by atoms with Gasteiger partial charge in [0.25, 0.3) is 0 Å². The second-order valence-electron chi connectivity index (χ2n) is 4.61. The molecule has 0 amide bonds. The number of H-pyrrole nitrogens is 2. The Morgan fingerprint density at radius 2 is 2.30 bits per heavy atom. The molecule has 1 aliphatic rings. The average molecular weight is 297 g/mol. The summed E-state index contributed by atoms with van der Waals surface area (Å²) in [7, 11) is -3.53. The number of nitrogens with one attached hydrogen (secondary N) is 2. The molecule has 1 saturated heterocycles. The van der Waals surface area contributed by atoms with E-state index < -0.39 is 10.0 Å². The average Bonchev–Trinajstić information content (AvgIpc) is 3.10. The number of aromatic nitrogens is 4. The molecular formula is C11H15N5O3S. The minimum absolute atomic E-state index is 0.161. The predicted octanol–water partition coefficient (Wildman–Crippen LogP) is 0.203. The molecule has 1 atom stereocenters. The van der Waals surface area contributed by atoms with E-state index in [0.29, 0.717) is 19.0 Å². The van der Waals surface area contributed by atoms with Gasteiger partial charge < -0.3 is 9.72 Å². The van der Waals surface area contributed by atoms with Crippen molar-refractivity contribution in [2.24, 2.45) is 0 Å². The number of morpholine rings is 1. The van der Waals surface area contributed by atoms with Gasteiger partial charge in [-0.05, 0) is 6.92 Å². The second-order valence-corrected chi connectivity index (χ2v) is 6.55. The number of imidazole rings is 1. The third kappa shape index (κ3) is 2.35. The zero-order chi connectivity index (χ0) is 14.2. The Hall–Kier alpha value is -1.71. The van der Waals surface area contributed by atoms with E-state index in [2.05, 4.69) is 20.2 Å². The van der Waals surface area contributed by atoms with Gasteiger partial charge in [0.2, 0.25) is 10.0 Å². The Morgan fingerprint density at radius 1 is 1.45 bits per heavy atom. The predicted molar refractivity (Wildman–Crippen MR) is 69.4 cm³/mol. The van der Waals surface area contributed by atoms with Crippen LogP contribution in [0.15, 0.2) is 23.5 Å². The zero-order valence-corrected chi connectivity index (χ0v) is 11.7. The maximum Gasteiger partial charge on any atom is 0.246 e. The van der Waals surface area contributed by atoms with E-state index >= 15 is 0 Å². The topological polar surface area (TPSA) is 104 Å². The Balaban J connectivity index is 1.82. The number of nitrogens with zero attached hydrogens (tertiary/aromatic N) is 3. The highest BCUT2D eigenvalue weighted by atomic mass is 32.2. The molecule has 0 aromatic carbocycles. The van der Waals surface area contributed by atoms with Crippen LogP contribution in [0.5, 0.6) is 0 Å². The summed E-state index contributed by atoms with van der Waals surface area (Å²) in [5.41, 5.74) is 0.915. The lowest BCUT2D eigenvalue weighted by molar-refractivity contribution is -0.00710. The number of rotatable bonds is 3. The molecule has 0 spiro atoms. The van der Waals surface area contributed by atoms with Crippen molar-refractivity contribution in [1.29, 1.82) is 0 Å². The quantitative estimate of drug-likeness (QED) is 0.842. The highest BCUT2D eigenvalue weighted by Crippen LogP contribution is 2.24. The smallest absolute Gasteiger partial charge is 0.246 e. The molecule has 2 aromatic heterocycles. The van der Waals surface area contributed by atoms with Crippen molar-refractivity contribution in [2.45, 2.75) is 17.9 Å². The maximum atomic E-state index is 12.4. The molecule has 9 heteroatoms. The van der Waals surface area contributed by atoms with Gasteiger partial charge in [-0.1, -0.05) is 0 Å². The van der Waals surface area contributed by atoms with Crippen LogP contribution in [0.2, 0.25) is 0 Å². The molecule has 0 saturated carbocycles. The summed E-state index contributed by atoms with van der Waals surface area (Å²) < 4.78 is 31.8. The van der Waals surface area contributed by atoms with Gasteiger partial charge in [0.1, 0.15) is 16.8 Å². The van der Waals surface area contributed by atoms with Gasteiger partial charge in [-0.2, -0.15) is 9.40 Å². The zero-order valence-electron chi connectivity index (χ0n) is 10.9. The first kappa shape index (κ1) is 13.3. The normalized spacial score (nSPS) is 21.1. The molecule has 0 aliphatic carbocycles. The molecule has 0 radical (unpaired) electrons. The van der Waals surface area contributed by atoms with Gasteiger partial charge >= 0.3 is 0 Å². The Labute approximate surface area is 116 Å². The first-order valence-corrected chi connectivity index (χ1v) is 7.63. The lowest BCUT2D eigenvalue weighted by Crippen LogP contribution is -2.42. The van der Waals surface area contributed by atoms with Crippen LogP contribution in [-0.2, 0) is 14.8 Å². The first-order chi connectivity index (χ1) is 9.57. The van der Waals surface area contributed by atoms with Crippen LogP contribution in [0.3, 0.4) is 0 Å². The minimum atomic E-state index is -3.53. The van der Waals surface area contributed by atoms with E-state index in [9.17, 15) is 8.42 Å². The third-order valence-electron chi connectivity index (χ3n) is 3.17. The molecule has 3 rings (SSSR count). The van der Waals surface area contributed by atoms with Gasteiger partial charge in [-0.25, -0.2) is 13.4 Å². The fraction of sp³-hybridized carbons (Fsp3) is 0.455. The molecule has 0 unspecified atom stereocenters. The standard InChI is InChI=1S/C11H15N5O3S/c1-8-4-12-11(15-8)10-7-16(2-3-19-10)20(17,18)9-5-13-14-6-9/h4-6,10H,2-3,7H2,1H3,(H,12,15)(H,13,14)/t10-/m1/s1. The van der Waals surface area contributed by atoms with Crippen LogP contribution in [-0.4, -0.2) is 52.6 Å². The minimum Gasteiger partial charge on any atom is -0.368 e. The van der Waals surface area contributed by atoms with Gasteiger partial charge in [0.05, 0.1) is 12.8 Å². The van der Waals surface area contributed by atoms with E-state index in [1.54, 1.807) is 6.20 Å². The van der Waals surface area contributed by atoms with Gasteiger partial charge in [-0.3, -0.25) is 5.10 Å². The molecule has 108 valence electrons. The molecule has 2 N–H and O–H groups in total. The molecular weight excluding hydrogens is 282 g/mol. The lowest BCUT2D eigenvalue weighted by atomic mass is 10.3. The Morgan fingerprint density at radius 3 is 2.95 bits per heavy atom. The van der Waals surface area contributed by atoms with Crippen molar-refractivity contribution in [3.63, 3.8) is 0 Å². The fourth-order valence-corrected chi connectivity index (χ4v) is 3.47. The molecule has 20 heavy (non-hydrogen) atoms. The summed E-state index contributed by atoms with van der Waals surface area (Å²) >= 11 is 0. The Kier molecular flexibility index (Phi) is 3.32. The van der Waals surface area contributed by atoms with Gasteiger partial charge in [0.15, 0.2) is 0 Å². The molecule has 1 aliphatic heterocycles. The first-order valence-electron chi connectivity index (χ1n) is 6.19. The molecule has 1 fully saturated rings.